The molecule has 0 rings (SSSR count). The van der Waals surface area contributed by atoms with E-state index in [0.717, 1.165) is 0 Å². The summed E-state index contributed by atoms with van der Waals surface area (Å²) < 4.78 is 0. The van der Waals surface area contributed by atoms with Crippen LogP contribution in [-0.4, -0.2) is 0 Å². The van der Waals surface area contributed by atoms with Gasteiger partial charge in [0.2, 0.25) is 0 Å². The van der Waals surface area contributed by atoms with E-state index in [1.165, 1.54) is 0 Å². The van der Waals surface area contributed by atoms with Crippen molar-refractivity contribution >= 4 is 0 Å². The number of hydrogen-bond donors (Lipinski definition) is 0. The summed E-state index contributed by atoms with van der Waals surface area (Å²) in [6.07, 6.45) is 0. The highest BCUT2D eigenvalue weighted by atomic mass is 16.0. The van der Waals surface area contributed by atoms with Gasteiger partial charge in [-0.15, -0.1) is 0 Å². The fourth-order valence-corrected chi connectivity index (χ4v) is 0. The molecule has 0 atom stereocenters. The van der Waals surface area contributed by atoms with E-state index in [-0.39, 0.29) is 230 Å². The molecule has 0 amide bonds. The molecule has 0 saturated carbocycles. The summed E-state index contributed by atoms with van der Waals surface area (Å²) in [5.74, 6) is 0. The Bertz CT molecular complexity index is 0. The minimum Gasteiger partial charge on any atom is -2.00 e. The Morgan fingerprint density at radius 3 is 0.0238 bits per heavy atom. The van der Waals surface area contributed by atoms with Gasteiger partial charge in [0.15, 0.2) is 0 Å². The molecule has 42 nitrogen and oxygen atoms in total. The summed E-state index contributed by atoms with van der Waals surface area (Å²) in [5, 5.41) is 0. The van der Waals surface area contributed by atoms with Gasteiger partial charge in [-0.25, -0.2) is 0 Å². The SMILES string of the molecule is [O-2].[O-2].[O-2].[O-2].[O-2].[O-2].[O-2].[O-2].[O-2].[O-2].[O-2].[O-2].[O-2].[O-2].[O-2].[O-2].[O-2].[O-2].[O-2].[O-2].[O-2].[O-2].[O-2].[O-2].[O-2].[O-2].[O-2].[O-2].[O-2].[O-2].[O-2].[O-2].[O-2].[O-2].[O-2].[O-2].[O-2].[O-2].[O-2].[O-2].[O-2].[O-2]. The lowest BCUT2D eigenvalue weighted by molar-refractivity contribution is 0.685. The molecule has 0 heterocycles. The quantitative estimate of drug-likeness (QED) is 0.233. The Morgan fingerprint density at radius 2 is 0.0238 bits per heavy atom. The molecule has 0 N–H and O–H groups in total. The zero-order valence-corrected chi connectivity index (χ0v) is 17.1. The van der Waals surface area contributed by atoms with Crippen molar-refractivity contribution in [1.29, 1.82) is 0 Å². The van der Waals surface area contributed by atoms with Gasteiger partial charge in [0, 0.05) is 0 Å². The van der Waals surface area contributed by atoms with Gasteiger partial charge < -0.3 is 230 Å². The van der Waals surface area contributed by atoms with Gasteiger partial charge in [-0.2, -0.15) is 0 Å². The molecule has 0 saturated heterocycles. The van der Waals surface area contributed by atoms with Gasteiger partial charge >= 0.3 is 0 Å². The zero-order valence-electron chi connectivity index (χ0n) is 17.1. The van der Waals surface area contributed by atoms with Crippen molar-refractivity contribution in [2.45, 2.75) is 0 Å². The molecular formula is O42-84. The minimum absolute atomic E-state index is 0. The second-order valence-electron chi connectivity index (χ2n) is 0. The molecule has 42 heteroatoms. The molecular weight excluding hydrogens is 672 g/mol. The maximum Gasteiger partial charge on any atom is -2.00 e. The Labute approximate surface area is 232 Å². The second kappa shape index (κ2) is 20500. The van der Waals surface area contributed by atoms with Crippen LogP contribution in [-0.2, 0) is 230 Å². The van der Waals surface area contributed by atoms with Crippen molar-refractivity contribution in [3.63, 3.8) is 0 Å². The molecule has 0 unspecified atom stereocenters. The fraction of sp³-hybridized carbons (Fsp3) is 0. The summed E-state index contributed by atoms with van der Waals surface area (Å²) in [5.41, 5.74) is 0. The molecule has 0 aromatic rings. The molecule has 0 aromatic heterocycles. The summed E-state index contributed by atoms with van der Waals surface area (Å²) >= 11 is 0. The third kappa shape index (κ3) is 18900. The van der Waals surface area contributed by atoms with Gasteiger partial charge in [-0.05, 0) is 0 Å². The first kappa shape index (κ1) is 22100. The zero-order chi connectivity index (χ0) is 0. The highest BCUT2D eigenvalue weighted by Crippen LogP contribution is -0.0778. The van der Waals surface area contributed by atoms with Gasteiger partial charge in [-0.3, -0.25) is 0 Å². The van der Waals surface area contributed by atoms with E-state index in [0.29, 0.717) is 0 Å². The molecule has 0 spiro atoms. The van der Waals surface area contributed by atoms with Crippen molar-refractivity contribution in [2.24, 2.45) is 0 Å². The summed E-state index contributed by atoms with van der Waals surface area (Å²) in [7, 11) is 0. The van der Waals surface area contributed by atoms with E-state index < -0.39 is 0 Å². The summed E-state index contributed by atoms with van der Waals surface area (Å²) in [6.45, 7) is 0. The minimum atomic E-state index is 0. The Balaban J connectivity index is 0. The molecule has 0 bridgehead atoms. The van der Waals surface area contributed by atoms with E-state index in [4.69, 9.17) is 0 Å². The Hall–Kier alpha value is -1.68. The summed E-state index contributed by atoms with van der Waals surface area (Å²) in [4.78, 5) is 0. The predicted molar refractivity (Wildman–Crippen MR) is 28.8 cm³/mol. The van der Waals surface area contributed by atoms with Crippen LogP contribution in [0.3, 0.4) is 0 Å². The molecule has 0 aromatic carbocycles. The van der Waals surface area contributed by atoms with Crippen LogP contribution >= 0.6 is 0 Å². The Morgan fingerprint density at radius 1 is 0.0238 bits per heavy atom. The first-order chi connectivity index (χ1) is 0. The molecule has 42 heavy (non-hydrogen) atoms. The van der Waals surface area contributed by atoms with Crippen molar-refractivity contribution in [3.8, 4) is 0 Å². The van der Waals surface area contributed by atoms with Crippen LogP contribution in [0.25, 0.3) is 0 Å². The maximum atomic E-state index is 0. The topological polar surface area (TPSA) is 1200 Å². The van der Waals surface area contributed by atoms with Crippen LogP contribution < -0.4 is 0 Å². The third-order valence-electron chi connectivity index (χ3n) is 0. The van der Waals surface area contributed by atoms with Gasteiger partial charge in [0.05, 0.1) is 0 Å². The fourth-order valence-electron chi connectivity index (χ4n) is 0. The van der Waals surface area contributed by atoms with Gasteiger partial charge in [0.25, 0.3) is 0 Å². The predicted octanol–water partition coefficient (Wildman–Crippen LogP) is -4.99. The first-order valence-corrected chi connectivity index (χ1v) is 0. The molecule has 336 valence electrons. The van der Waals surface area contributed by atoms with Crippen molar-refractivity contribution in [1.82, 2.24) is 0 Å². The maximum absolute atomic E-state index is 0. The third-order valence-corrected chi connectivity index (χ3v) is 0. The van der Waals surface area contributed by atoms with E-state index in [1.54, 1.807) is 0 Å². The molecule has 0 aliphatic rings. The standard InChI is InChI=1S/42O/q42*-2. The Kier molecular flexibility index (Phi) is 10800000. The molecule has 0 aliphatic heterocycles. The average Bonchev–Trinajstić information content (AvgIpc) is 0. The summed E-state index contributed by atoms with van der Waals surface area (Å²) in [6, 6.07) is 0. The van der Waals surface area contributed by atoms with Gasteiger partial charge in [0.1, 0.15) is 0 Å². The first-order valence-electron chi connectivity index (χ1n) is 0. The van der Waals surface area contributed by atoms with Gasteiger partial charge in [-0.1, -0.05) is 0 Å². The van der Waals surface area contributed by atoms with Crippen molar-refractivity contribution < 1.29 is 230 Å². The van der Waals surface area contributed by atoms with Crippen LogP contribution in [0.15, 0.2) is 0 Å². The van der Waals surface area contributed by atoms with Crippen LogP contribution in [0.2, 0.25) is 0 Å². The van der Waals surface area contributed by atoms with Crippen LogP contribution in [0, 0.1) is 0 Å². The molecule has 0 fully saturated rings. The van der Waals surface area contributed by atoms with E-state index in [2.05, 4.69) is 0 Å². The van der Waals surface area contributed by atoms with Crippen LogP contribution in [0.4, 0.5) is 0 Å². The van der Waals surface area contributed by atoms with E-state index in [9.17, 15) is 0 Å². The average molecular weight is 672 g/mol. The highest BCUT2D eigenvalue weighted by molar-refractivity contribution is 0.727. The highest BCUT2D eigenvalue weighted by Gasteiger charge is -1.96. The smallest absolute Gasteiger partial charge is 2.00 e. The second-order valence-corrected chi connectivity index (χ2v) is 0. The lowest BCUT2D eigenvalue weighted by Crippen LogP contribution is -0.120. The largest absolute Gasteiger partial charge is 2.00 e. The number of hydrogen-bond acceptors (Lipinski definition) is 0. The lowest BCUT2D eigenvalue weighted by atomic mass is 16.0. The monoisotopic (exact) mass is 672 g/mol. The van der Waals surface area contributed by atoms with Crippen LogP contribution in [0.1, 0.15) is 0 Å². The molecule has 0 radical (unpaired) electrons. The van der Waals surface area contributed by atoms with Crippen molar-refractivity contribution in [2.75, 3.05) is 0 Å². The number of rotatable bonds is 0. The molecule has 0 aliphatic carbocycles. The van der Waals surface area contributed by atoms with E-state index >= 15 is 0 Å². The van der Waals surface area contributed by atoms with E-state index in [1.807, 2.05) is 0 Å². The van der Waals surface area contributed by atoms with Crippen molar-refractivity contribution in [3.05, 3.63) is 0 Å². The lowest BCUT2D eigenvalue weighted by Gasteiger charge is -2.00. The van der Waals surface area contributed by atoms with Crippen LogP contribution in [0.5, 0.6) is 0 Å². The normalized spacial score (nSPS) is 0.